The van der Waals surface area contributed by atoms with Gasteiger partial charge in [-0.25, -0.2) is 0 Å². The van der Waals surface area contributed by atoms with Gasteiger partial charge in [0.05, 0.1) is 117 Å². The molecule has 0 N–H and O–H groups in total. The van der Waals surface area contributed by atoms with E-state index in [0.29, 0.717) is 131 Å². The van der Waals surface area contributed by atoms with Crippen LogP contribution in [0.3, 0.4) is 0 Å². The maximum absolute atomic E-state index is 5.89. The maximum atomic E-state index is 5.89. The molecule has 0 spiro atoms. The summed E-state index contributed by atoms with van der Waals surface area (Å²) in [5.41, 5.74) is 4.41. The van der Waals surface area contributed by atoms with Gasteiger partial charge in [-0.15, -0.1) is 0 Å². The van der Waals surface area contributed by atoms with Gasteiger partial charge in [0, 0.05) is 0 Å². The van der Waals surface area contributed by atoms with Crippen molar-refractivity contribution in [1.29, 1.82) is 0 Å². The zero-order valence-corrected chi connectivity index (χ0v) is 29.2. The lowest BCUT2D eigenvalue weighted by Crippen LogP contribution is -2.21. The van der Waals surface area contributed by atoms with E-state index < -0.39 is 0 Å². The molecule has 3 aromatic rings. The molecule has 2 aromatic carbocycles. The Balaban J connectivity index is 1.01. The molecule has 7 rings (SSSR count). The molecule has 0 radical (unpaired) electrons. The Labute approximate surface area is 296 Å². The number of aromatic nitrogens is 1. The predicted molar refractivity (Wildman–Crippen MR) is 187 cm³/mol. The SMILES string of the molecule is c1cc2nc(c1)COCCOCCOCCOCCOc1ccc(cc1)C1CCC1c1ccc(cc1)OCCOCCOCCOCCOC2. The molecule has 1 fully saturated rings. The summed E-state index contributed by atoms with van der Waals surface area (Å²) in [6, 6.07) is 22.8. The van der Waals surface area contributed by atoms with E-state index in [4.69, 9.17) is 47.4 Å². The van der Waals surface area contributed by atoms with Gasteiger partial charge in [-0.3, -0.25) is 4.98 Å². The minimum Gasteiger partial charge on any atom is -0.491 e. The van der Waals surface area contributed by atoms with Gasteiger partial charge in [-0.1, -0.05) is 30.3 Å². The highest BCUT2D eigenvalue weighted by Crippen LogP contribution is 2.49. The Bertz CT molecular complexity index is 1210. The highest BCUT2D eigenvalue weighted by Gasteiger charge is 2.33. The highest BCUT2D eigenvalue weighted by molar-refractivity contribution is 5.37. The minimum atomic E-state index is 0.414. The van der Waals surface area contributed by atoms with E-state index in [-0.39, 0.29) is 0 Å². The quantitative estimate of drug-likeness (QED) is 0.304. The number of nitrogens with zero attached hydrogens (tertiary/aromatic N) is 1. The summed E-state index contributed by atoms with van der Waals surface area (Å²) >= 11 is 0. The second kappa shape index (κ2) is 23.4. The predicted octanol–water partition coefficient (Wildman–Crippen LogP) is 5.35. The molecular weight excluding hydrogens is 642 g/mol. The van der Waals surface area contributed by atoms with Crippen molar-refractivity contribution >= 4 is 0 Å². The molecule has 50 heavy (non-hydrogen) atoms. The molecule has 0 saturated heterocycles. The second-order valence-electron chi connectivity index (χ2n) is 12.0. The van der Waals surface area contributed by atoms with E-state index in [9.17, 15) is 0 Å². The summed E-state index contributed by atoms with van der Waals surface area (Å²) in [4.78, 5) is 4.60. The smallest absolute Gasteiger partial charge is 0.119 e. The van der Waals surface area contributed by atoms with Gasteiger partial charge in [-0.05, 0) is 72.2 Å². The highest BCUT2D eigenvalue weighted by atomic mass is 16.6. The molecule has 11 heteroatoms. The van der Waals surface area contributed by atoms with Crippen LogP contribution in [0, 0.1) is 0 Å². The first-order valence-electron chi connectivity index (χ1n) is 17.9. The third-order valence-corrected chi connectivity index (χ3v) is 8.48. The molecular formula is C39H53NO10. The molecule has 2 unspecified atom stereocenters. The monoisotopic (exact) mass is 695 g/mol. The molecule has 1 aliphatic carbocycles. The van der Waals surface area contributed by atoms with E-state index in [0.717, 1.165) is 22.9 Å². The van der Waals surface area contributed by atoms with E-state index in [1.54, 1.807) is 0 Å². The molecule has 274 valence electrons. The molecule has 3 aliphatic heterocycles. The van der Waals surface area contributed by atoms with Gasteiger partial charge >= 0.3 is 0 Å². The Morgan fingerprint density at radius 3 is 1.02 bits per heavy atom. The van der Waals surface area contributed by atoms with E-state index in [1.807, 2.05) is 18.2 Å². The Morgan fingerprint density at radius 2 is 0.680 bits per heavy atom. The number of pyridine rings is 1. The molecule has 4 heterocycles. The van der Waals surface area contributed by atoms with Gasteiger partial charge in [-0.2, -0.15) is 0 Å². The average Bonchev–Trinajstić information content (AvgIpc) is 3.12. The lowest BCUT2D eigenvalue weighted by atomic mass is 9.67. The third kappa shape index (κ3) is 14.2. The number of hydrogen-bond donors (Lipinski definition) is 0. The lowest BCUT2D eigenvalue weighted by molar-refractivity contribution is -0.00768. The van der Waals surface area contributed by atoms with Crippen LogP contribution in [-0.2, 0) is 51.1 Å². The van der Waals surface area contributed by atoms with E-state index in [1.165, 1.54) is 24.0 Å². The normalized spacial score (nSPS) is 22.5. The zero-order chi connectivity index (χ0) is 34.3. The largest absolute Gasteiger partial charge is 0.491 e. The van der Waals surface area contributed by atoms with Crippen LogP contribution in [0.5, 0.6) is 11.5 Å². The van der Waals surface area contributed by atoms with E-state index >= 15 is 0 Å². The standard InChI is InChI=1S/C39H53NO10/c1-2-34-30-47-24-22-43-16-14-41-18-20-45-26-28-49-36-8-4-32(5-9-36)38-12-13-39(38)33-6-10-37(11-7-33)50-29-27-46-21-19-42-15-17-44-23-25-48-31-35(3-1)40-34/h1-11,38-39H,12-31H2. The van der Waals surface area contributed by atoms with Crippen LogP contribution in [0.15, 0.2) is 66.7 Å². The first kappa shape index (κ1) is 38.1. The molecule has 1 aromatic heterocycles. The van der Waals surface area contributed by atoms with Crippen LogP contribution in [0.2, 0.25) is 0 Å². The average molecular weight is 696 g/mol. The van der Waals surface area contributed by atoms with Crippen molar-refractivity contribution in [2.75, 3.05) is 106 Å². The fraction of sp³-hybridized carbons (Fsp3) is 0.564. The van der Waals surface area contributed by atoms with Crippen LogP contribution >= 0.6 is 0 Å². The molecule has 4 aliphatic rings. The number of rotatable bonds is 0. The third-order valence-electron chi connectivity index (χ3n) is 8.48. The van der Waals surface area contributed by atoms with Gasteiger partial charge < -0.3 is 47.4 Å². The summed E-state index contributed by atoms with van der Waals surface area (Å²) < 4.78 is 56.9. The number of fused-ring (bicyclic) bond motifs is 2. The van der Waals surface area contributed by atoms with Gasteiger partial charge in [0.15, 0.2) is 0 Å². The maximum Gasteiger partial charge on any atom is 0.119 e. The summed E-state index contributed by atoms with van der Waals surface area (Å²) in [7, 11) is 0. The van der Waals surface area contributed by atoms with Gasteiger partial charge in [0.1, 0.15) is 24.7 Å². The fourth-order valence-electron chi connectivity index (χ4n) is 5.72. The number of benzene rings is 2. The topological polar surface area (TPSA) is 105 Å². The van der Waals surface area contributed by atoms with Crippen LogP contribution in [-0.4, -0.2) is 111 Å². The fourth-order valence-corrected chi connectivity index (χ4v) is 5.72. The van der Waals surface area contributed by atoms with Crippen molar-refractivity contribution in [1.82, 2.24) is 4.98 Å². The van der Waals surface area contributed by atoms with Crippen LogP contribution in [0.1, 0.15) is 47.2 Å². The summed E-state index contributed by atoms with van der Waals surface area (Å²) in [6.07, 6.45) is 2.38. The van der Waals surface area contributed by atoms with Crippen molar-refractivity contribution in [2.24, 2.45) is 0 Å². The molecule has 6 bridgehead atoms. The molecule has 2 atom stereocenters. The van der Waals surface area contributed by atoms with Crippen molar-refractivity contribution in [2.45, 2.75) is 37.9 Å². The Kier molecular flexibility index (Phi) is 17.8. The zero-order valence-electron chi connectivity index (χ0n) is 29.2. The number of hydrogen-bond acceptors (Lipinski definition) is 11. The van der Waals surface area contributed by atoms with Crippen molar-refractivity contribution in [3.63, 3.8) is 0 Å². The Morgan fingerprint density at radius 1 is 0.360 bits per heavy atom. The van der Waals surface area contributed by atoms with Crippen LogP contribution in [0.25, 0.3) is 0 Å². The van der Waals surface area contributed by atoms with Gasteiger partial charge in [0.2, 0.25) is 0 Å². The van der Waals surface area contributed by atoms with Crippen molar-refractivity contribution in [3.8, 4) is 11.5 Å². The van der Waals surface area contributed by atoms with E-state index in [2.05, 4.69) is 53.5 Å². The number of ether oxygens (including phenoxy) is 10. The first-order valence-corrected chi connectivity index (χ1v) is 17.9. The van der Waals surface area contributed by atoms with Crippen LogP contribution in [0.4, 0.5) is 0 Å². The molecule has 1 saturated carbocycles. The molecule has 0 amide bonds. The van der Waals surface area contributed by atoms with Crippen molar-refractivity contribution < 1.29 is 47.4 Å². The van der Waals surface area contributed by atoms with Crippen LogP contribution < -0.4 is 9.47 Å². The van der Waals surface area contributed by atoms with Crippen molar-refractivity contribution in [3.05, 3.63) is 89.2 Å². The lowest BCUT2D eigenvalue weighted by Gasteiger charge is -2.37. The summed E-state index contributed by atoms with van der Waals surface area (Å²) in [5, 5.41) is 0. The first-order chi connectivity index (χ1) is 24.8. The van der Waals surface area contributed by atoms with Gasteiger partial charge in [0.25, 0.3) is 0 Å². The minimum absolute atomic E-state index is 0.414. The summed E-state index contributed by atoms with van der Waals surface area (Å²) in [5.74, 6) is 2.75. The molecule has 11 nitrogen and oxygen atoms in total. The second-order valence-corrected chi connectivity index (χ2v) is 12.0. The summed E-state index contributed by atoms with van der Waals surface area (Å²) in [6.45, 7) is 8.82. The Hall–Kier alpha value is -3.13.